The topological polar surface area (TPSA) is 65.5 Å². The molecule has 2 heterocycles. The van der Waals surface area contributed by atoms with Crippen molar-refractivity contribution >= 4 is 29.2 Å². The second-order valence-corrected chi connectivity index (χ2v) is 6.61. The van der Waals surface area contributed by atoms with Crippen molar-refractivity contribution in [3.8, 4) is 0 Å². The number of rotatable bonds is 4. The van der Waals surface area contributed by atoms with E-state index < -0.39 is 23.6 Å². The number of aromatic nitrogens is 1. The maximum absolute atomic E-state index is 13.5. The maximum Gasteiger partial charge on any atom is 0.325 e. The van der Waals surface area contributed by atoms with Crippen molar-refractivity contribution in [1.29, 1.82) is 0 Å². The minimum absolute atomic E-state index is 0.0816. The SMILES string of the molecule is Cc1cc(N2C[C@@H](C(=O)NCc3ccc(F)c(F)c3Cl)N(C)C2=O)ccn1. The Kier molecular flexibility index (Phi) is 5.27. The highest BCUT2D eigenvalue weighted by atomic mass is 35.5. The molecule has 1 aliphatic rings. The summed E-state index contributed by atoms with van der Waals surface area (Å²) in [7, 11) is 1.53. The Bertz CT molecular complexity index is 909. The van der Waals surface area contributed by atoms with E-state index in [1.54, 1.807) is 18.3 Å². The first kappa shape index (κ1) is 19.0. The highest BCUT2D eigenvalue weighted by Gasteiger charge is 2.39. The Balaban J connectivity index is 1.70. The van der Waals surface area contributed by atoms with Crippen molar-refractivity contribution in [1.82, 2.24) is 15.2 Å². The van der Waals surface area contributed by atoms with Gasteiger partial charge in [-0.2, -0.15) is 0 Å². The number of carbonyl (C=O) groups excluding carboxylic acids is 2. The number of carbonyl (C=O) groups is 2. The molecule has 1 fully saturated rings. The van der Waals surface area contributed by atoms with Gasteiger partial charge in [0.2, 0.25) is 5.91 Å². The summed E-state index contributed by atoms with van der Waals surface area (Å²) in [4.78, 5) is 31.9. The molecule has 0 radical (unpaired) electrons. The van der Waals surface area contributed by atoms with Crippen molar-refractivity contribution < 1.29 is 18.4 Å². The van der Waals surface area contributed by atoms with Crippen molar-refractivity contribution in [2.24, 2.45) is 0 Å². The second kappa shape index (κ2) is 7.48. The predicted octanol–water partition coefficient (Wildman–Crippen LogP) is 2.88. The van der Waals surface area contributed by atoms with Gasteiger partial charge in [0, 0.05) is 31.2 Å². The molecule has 1 aromatic carbocycles. The summed E-state index contributed by atoms with van der Waals surface area (Å²) in [6.07, 6.45) is 1.59. The number of nitrogens with zero attached hydrogens (tertiary/aromatic N) is 3. The molecule has 1 aliphatic heterocycles. The third-order valence-corrected chi connectivity index (χ3v) is 4.83. The fourth-order valence-corrected chi connectivity index (χ4v) is 3.09. The maximum atomic E-state index is 13.5. The smallest absolute Gasteiger partial charge is 0.325 e. The number of likely N-dealkylation sites (N-methyl/N-ethyl adjacent to an activating group) is 1. The molecule has 3 rings (SSSR count). The molecular formula is C18H17ClF2N4O2. The number of pyridine rings is 1. The van der Waals surface area contributed by atoms with Crippen molar-refractivity contribution in [3.05, 3.63) is 58.4 Å². The van der Waals surface area contributed by atoms with Crippen LogP contribution in [0.3, 0.4) is 0 Å². The molecule has 0 saturated carbocycles. The van der Waals surface area contributed by atoms with Gasteiger partial charge in [-0.15, -0.1) is 0 Å². The summed E-state index contributed by atoms with van der Waals surface area (Å²) >= 11 is 5.77. The molecule has 0 bridgehead atoms. The molecule has 2 aromatic rings. The average Bonchev–Trinajstić information content (AvgIpc) is 2.94. The van der Waals surface area contributed by atoms with Gasteiger partial charge in [0.05, 0.1) is 11.6 Å². The van der Waals surface area contributed by atoms with Crippen LogP contribution in [-0.2, 0) is 11.3 Å². The fourth-order valence-electron chi connectivity index (χ4n) is 2.87. The minimum Gasteiger partial charge on any atom is -0.350 e. The molecule has 27 heavy (non-hydrogen) atoms. The molecule has 0 unspecified atom stereocenters. The van der Waals surface area contributed by atoms with Crippen LogP contribution < -0.4 is 10.2 Å². The van der Waals surface area contributed by atoms with Crippen LogP contribution in [0.5, 0.6) is 0 Å². The molecular weight excluding hydrogens is 378 g/mol. The van der Waals surface area contributed by atoms with Crippen molar-refractivity contribution in [2.45, 2.75) is 19.5 Å². The van der Waals surface area contributed by atoms with Gasteiger partial charge in [-0.25, -0.2) is 13.6 Å². The molecule has 3 amide bonds. The highest BCUT2D eigenvalue weighted by molar-refractivity contribution is 6.31. The second-order valence-electron chi connectivity index (χ2n) is 6.23. The van der Waals surface area contributed by atoms with Gasteiger partial charge in [-0.1, -0.05) is 17.7 Å². The monoisotopic (exact) mass is 394 g/mol. The van der Waals surface area contributed by atoms with E-state index in [4.69, 9.17) is 11.6 Å². The number of amides is 3. The van der Waals surface area contributed by atoms with Gasteiger partial charge in [-0.05, 0) is 30.7 Å². The largest absolute Gasteiger partial charge is 0.350 e. The minimum atomic E-state index is -1.16. The van der Waals surface area contributed by atoms with Gasteiger partial charge in [0.25, 0.3) is 0 Å². The molecule has 0 spiro atoms. The quantitative estimate of drug-likeness (QED) is 0.811. The summed E-state index contributed by atoms with van der Waals surface area (Å²) in [5, 5.41) is 2.24. The lowest BCUT2D eigenvalue weighted by Crippen LogP contribution is -2.43. The Morgan fingerprint density at radius 2 is 2.11 bits per heavy atom. The average molecular weight is 395 g/mol. The summed E-state index contributed by atoms with van der Waals surface area (Å²) in [5.41, 5.74) is 1.65. The first-order chi connectivity index (χ1) is 12.8. The van der Waals surface area contributed by atoms with Gasteiger partial charge in [0.1, 0.15) is 6.04 Å². The van der Waals surface area contributed by atoms with Crippen LogP contribution in [0.15, 0.2) is 30.5 Å². The number of urea groups is 1. The molecule has 1 saturated heterocycles. The van der Waals surface area contributed by atoms with Crippen LogP contribution in [0.1, 0.15) is 11.3 Å². The number of halogens is 3. The van der Waals surface area contributed by atoms with E-state index in [0.717, 1.165) is 11.8 Å². The number of anilines is 1. The highest BCUT2D eigenvalue weighted by Crippen LogP contribution is 2.24. The number of aryl methyl sites for hydroxylation is 1. The molecule has 142 valence electrons. The lowest BCUT2D eigenvalue weighted by Gasteiger charge is -2.17. The number of hydrogen-bond acceptors (Lipinski definition) is 3. The Morgan fingerprint density at radius 1 is 1.37 bits per heavy atom. The summed E-state index contributed by atoms with van der Waals surface area (Å²) in [5.74, 6) is -2.63. The fraction of sp³-hybridized carbons (Fsp3) is 0.278. The van der Waals surface area contributed by atoms with E-state index in [1.807, 2.05) is 6.92 Å². The van der Waals surface area contributed by atoms with Gasteiger partial charge < -0.3 is 10.2 Å². The Morgan fingerprint density at radius 3 is 2.81 bits per heavy atom. The summed E-state index contributed by atoms with van der Waals surface area (Å²) in [6, 6.07) is 4.66. The zero-order chi connectivity index (χ0) is 19.7. The van der Waals surface area contributed by atoms with Gasteiger partial charge in [0.15, 0.2) is 11.6 Å². The van der Waals surface area contributed by atoms with Gasteiger partial charge >= 0.3 is 6.03 Å². The van der Waals surface area contributed by atoms with Crippen LogP contribution in [0, 0.1) is 18.6 Å². The van der Waals surface area contributed by atoms with Crippen LogP contribution in [-0.4, -0.2) is 41.5 Å². The lowest BCUT2D eigenvalue weighted by molar-refractivity contribution is -0.124. The van der Waals surface area contributed by atoms with Crippen molar-refractivity contribution in [2.75, 3.05) is 18.5 Å². The van der Waals surface area contributed by atoms with E-state index in [-0.39, 0.29) is 29.7 Å². The molecule has 6 nitrogen and oxygen atoms in total. The third kappa shape index (κ3) is 3.71. The zero-order valence-electron chi connectivity index (χ0n) is 14.7. The van der Waals surface area contributed by atoms with Crippen LogP contribution >= 0.6 is 11.6 Å². The molecule has 1 N–H and O–H groups in total. The number of benzene rings is 1. The van der Waals surface area contributed by atoms with E-state index in [9.17, 15) is 18.4 Å². The van der Waals surface area contributed by atoms with Gasteiger partial charge in [-0.3, -0.25) is 14.7 Å². The Hall–Kier alpha value is -2.74. The van der Waals surface area contributed by atoms with E-state index in [0.29, 0.717) is 5.69 Å². The van der Waals surface area contributed by atoms with Crippen LogP contribution in [0.25, 0.3) is 0 Å². The molecule has 0 aliphatic carbocycles. The first-order valence-corrected chi connectivity index (χ1v) is 8.54. The third-order valence-electron chi connectivity index (χ3n) is 4.42. The normalized spacial score (nSPS) is 16.8. The van der Waals surface area contributed by atoms with Crippen molar-refractivity contribution in [3.63, 3.8) is 0 Å². The molecule has 9 heteroatoms. The number of nitrogens with one attached hydrogen (secondary N) is 1. The van der Waals surface area contributed by atoms with Crippen LogP contribution in [0.4, 0.5) is 19.3 Å². The summed E-state index contributed by atoms with van der Waals surface area (Å²) in [6.45, 7) is 1.89. The van der Waals surface area contributed by atoms with E-state index >= 15 is 0 Å². The summed E-state index contributed by atoms with van der Waals surface area (Å²) < 4.78 is 26.6. The Labute approximate surface area is 159 Å². The lowest BCUT2D eigenvalue weighted by atomic mass is 10.2. The molecule has 1 atom stereocenters. The zero-order valence-corrected chi connectivity index (χ0v) is 15.4. The van der Waals surface area contributed by atoms with E-state index in [1.165, 1.54) is 22.9 Å². The predicted molar refractivity (Wildman–Crippen MR) is 96.5 cm³/mol. The molecule has 1 aromatic heterocycles. The van der Waals surface area contributed by atoms with Crippen LogP contribution in [0.2, 0.25) is 5.02 Å². The standard InChI is InChI=1S/C18H17ClF2N4O2/c1-10-7-12(5-6-22-10)25-9-14(24(2)18(25)27)17(26)23-8-11-3-4-13(20)16(21)15(11)19/h3-7,14H,8-9H2,1-2H3,(H,23,26)/t14-/m0/s1. The number of hydrogen-bond donors (Lipinski definition) is 1. The van der Waals surface area contributed by atoms with E-state index in [2.05, 4.69) is 10.3 Å². The first-order valence-electron chi connectivity index (χ1n) is 8.16.